The molecular weight excluding hydrogens is 330 g/mol. The van der Waals surface area contributed by atoms with Gasteiger partial charge in [0.25, 0.3) is 0 Å². The molecule has 0 aliphatic rings. The lowest BCUT2D eigenvalue weighted by molar-refractivity contribution is 0.392. The number of nitrogens with one attached hydrogen (secondary N) is 1. The Balaban J connectivity index is 0.00000288. The SMILES string of the molecule is COc1cc(CNCc2cc(OC)ccc2OC)cc(OC)c1.Cl. The van der Waals surface area contributed by atoms with Crippen molar-refractivity contribution < 1.29 is 18.9 Å². The highest BCUT2D eigenvalue weighted by Crippen LogP contribution is 2.25. The van der Waals surface area contributed by atoms with E-state index in [-0.39, 0.29) is 12.4 Å². The largest absolute Gasteiger partial charge is 0.497 e. The van der Waals surface area contributed by atoms with Crippen LogP contribution in [0, 0.1) is 0 Å². The van der Waals surface area contributed by atoms with E-state index in [4.69, 9.17) is 18.9 Å². The van der Waals surface area contributed by atoms with Crippen molar-refractivity contribution in [1.29, 1.82) is 0 Å². The van der Waals surface area contributed by atoms with E-state index in [1.807, 2.05) is 36.4 Å². The minimum Gasteiger partial charge on any atom is -0.497 e. The highest BCUT2D eigenvalue weighted by Gasteiger charge is 2.06. The molecule has 0 aliphatic carbocycles. The van der Waals surface area contributed by atoms with E-state index >= 15 is 0 Å². The lowest BCUT2D eigenvalue weighted by Gasteiger charge is -2.12. The van der Waals surface area contributed by atoms with Crippen molar-refractivity contribution in [1.82, 2.24) is 5.32 Å². The molecule has 2 aromatic rings. The normalized spacial score (nSPS) is 9.83. The lowest BCUT2D eigenvalue weighted by atomic mass is 10.1. The summed E-state index contributed by atoms with van der Waals surface area (Å²) in [7, 11) is 6.61. The fraction of sp³-hybridized carbons (Fsp3) is 0.333. The maximum absolute atomic E-state index is 5.39. The number of hydrogen-bond acceptors (Lipinski definition) is 5. The molecule has 0 saturated heterocycles. The monoisotopic (exact) mass is 353 g/mol. The molecular formula is C18H24ClNO4. The smallest absolute Gasteiger partial charge is 0.123 e. The molecule has 5 nitrogen and oxygen atoms in total. The molecule has 0 spiro atoms. The van der Waals surface area contributed by atoms with Crippen molar-refractivity contribution in [2.45, 2.75) is 13.1 Å². The number of hydrogen-bond donors (Lipinski definition) is 1. The maximum atomic E-state index is 5.39. The summed E-state index contributed by atoms with van der Waals surface area (Å²) in [5.74, 6) is 3.20. The van der Waals surface area contributed by atoms with E-state index < -0.39 is 0 Å². The van der Waals surface area contributed by atoms with E-state index in [2.05, 4.69) is 5.32 Å². The summed E-state index contributed by atoms with van der Waals surface area (Å²) >= 11 is 0. The van der Waals surface area contributed by atoms with Crippen molar-refractivity contribution >= 4 is 12.4 Å². The van der Waals surface area contributed by atoms with Gasteiger partial charge in [-0.3, -0.25) is 0 Å². The standard InChI is InChI=1S/C18H23NO4.ClH/c1-20-15-5-6-18(23-4)14(9-15)12-19-11-13-7-16(21-2)10-17(8-13)22-3;/h5-10,19H,11-12H2,1-4H3;1H. The van der Waals surface area contributed by atoms with Gasteiger partial charge in [-0.05, 0) is 35.9 Å². The molecule has 1 N–H and O–H groups in total. The highest BCUT2D eigenvalue weighted by atomic mass is 35.5. The average Bonchev–Trinajstić information content (AvgIpc) is 2.61. The Morgan fingerprint density at radius 2 is 1.33 bits per heavy atom. The number of benzene rings is 2. The molecule has 0 unspecified atom stereocenters. The molecule has 0 bridgehead atoms. The summed E-state index contributed by atoms with van der Waals surface area (Å²) in [4.78, 5) is 0. The first-order valence-electron chi connectivity index (χ1n) is 7.33. The van der Waals surface area contributed by atoms with Crippen LogP contribution in [0.2, 0.25) is 0 Å². The van der Waals surface area contributed by atoms with Gasteiger partial charge in [0.2, 0.25) is 0 Å². The van der Waals surface area contributed by atoms with Crippen molar-refractivity contribution in [3.05, 3.63) is 47.5 Å². The first kappa shape index (κ1) is 19.9. The summed E-state index contributed by atoms with van der Waals surface area (Å²) < 4.78 is 21.2. The molecule has 0 radical (unpaired) electrons. The second-order valence-electron chi connectivity index (χ2n) is 5.00. The van der Waals surface area contributed by atoms with Crippen LogP contribution in [0.3, 0.4) is 0 Å². The molecule has 24 heavy (non-hydrogen) atoms. The van der Waals surface area contributed by atoms with Crippen molar-refractivity contribution in [2.75, 3.05) is 28.4 Å². The summed E-state index contributed by atoms with van der Waals surface area (Å²) in [6, 6.07) is 11.6. The predicted molar refractivity (Wildman–Crippen MR) is 96.9 cm³/mol. The van der Waals surface area contributed by atoms with Crippen LogP contribution in [0.15, 0.2) is 36.4 Å². The molecule has 0 amide bonds. The van der Waals surface area contributed by atoms with Crippen LogP contribution in [0.1, 0.15) is 11.1 Å². The maximum Gasteiger partial charge on any atom is 0.123 e. The second-order valence-corrected chi connectivity index (χ2v) is 5.00. The first-order chi connectivity index (χ1) is 11.2. The van der Waals surface area contributed by atoms with Gasteiger partial charge in [-0.2, -0.15) is 0 Å². The zero-order valence-electron chi connectivity index (χ0n) is 14.4. The predicted octanol–water partition coefficient (Wildman–Crippen LogP) is 3.43. The number of methoxy groups -OCH3 is 4. The number of rotatable bonds is 8. The van der Waals surface area contributed by atoms with Gasteiger partial charge in [-0.1, -0.05) is 0 Å². The van der Waals surface area contributed by atoms with Gasteiger partial charge in [0.05, 0.1) is 28.4 Å². The molecule has 0 aliphatic heterocycles. The zero-order valence-corrected chi connectivity index (χ0v) is 15.2. The molecule has 0 heterocycles. The lowest BCUT2D eigenvalue weighted by Crippen LogP contribution is -2.13. The fourth-order valence-corrected chi connectivity index (χ4v) is 2.33. The third-order valence-electron chi connectivity index (χ3n) is 3.54. The molecule has 2 aromatic carbocycles. The van der Waals surface area contributed by atoms with Crippen molar-refractivity contribution in [3.8, 4) is 23.0 Å². The van der Waals surface area contributed by atoms with Gasteiger partial charge >= 0.3 is 0 Å². The second kappa shape index (κ2) is 9.90. The highest BCUT2D eigenvalue weighted by molar-refractivity contribution is 5.85. The Bertz CT molecular complexity index is 627. The first-order valence-corrected chi connectivity index (χ1v) is 7.33. The van der Waals surface area contributed by atoms with E-state index in [1.54, 1.807) is 28.4 Å². The van der Waals surface area contributed by atoms with E-state index in [1.165, 1.54) is 0 Å². The van der Waals surface area contributed by atoms with Gasteiger partial charge in [-0.25, -0.2) is 0 Å². The molecule has 132 valence electrons. The third kappa shape index (κ3) is 5.22. The van der Waals surface area contributed by atoms with E-state index in [0.717, 1.165) is 34.1 Å². The number of ether oxygens (including phenoxy) is 4. The summed E-state index contributed by atoms with van der Waals surface area (Å²) in [6.45, 7) is 1.35. The summed E-state index contributed by atoms with van der Waals surface area (Å²) in [5.41, 5.74) is 2.13. The molecule has 0 saturated carbocycles. The van der Waals surface area contributed by atoms with E-state index in [9.17, 15) is 0 Å². The Labute approximate surface area is 149 Å². The molecule has 2 rings (SSSR count). The molecule has 0 fully saturated rings. The van der Waals surface area contributed by atoms with Crippen LogP contribution in [0.5, 0.6) is 23.0 Å². The third-order valence-corrected chi connectivity index (χ3v) is 3.54. The van der Waals surface area contributed by atoms with Crippen LogP contribution in [0.25, 0.3) is 0 Å². The van der Waals surface area contributed by atoms with Gasteiger partial charge in [0, 0.05) is 24.7 Å². The average molecular weight is 354 g/mol. The van der Waals surface area contributed by atoms with Crippen molar-refractivity contribution in [3.63, 3.8) is 0 Å². The Morgan fingerprint density at radius 1 is 0.708 bits per heavy atom. The Kier molecular flexibility index (Phi) is 8.22. The van der Waals surface area contributed by atoms with Crippen LogP contribution in [-0.4, -0.2) is 28.4 Å². The van der Waals surface area contributed by atoms with Gasteiger partial charge < -0.3 is 24.3 Å². The van der Waals surface area contributed by atoms with E-state index in [0.29, 0.717) is 13.1 Å². The minimum absolute atomic E-state index is 0. The fourth-order valence-electron chi connectivity index (χ4n) is 2.33. The van der Waals surface area contributed by atoms with Crippen LogP contribution < -0.4 is 24.3 Å². The summed E-state index contributed by atoms with van der Waals surface area (Å²) in [5, 5.41) is 3.40. The zero-order chi connectivity index (χ0) is 16.7. The van der Waals surface area contributed by atoms with Crippen molar-refractivity contribution in [2.24, 2.45) is 0 Å². The minimum atomic E-state index is 0. The Morgan fingerprint density at radius 3 is 1.88 bits per heavy atom. The van der Waals surface area contributed by atoms with Gasteiger partial charge in [-0.15, -0.1) is 12.4 Å². The summed E-state index contributed by atoms with van der Waals surface area (Å²) in [6.07, 6.45) is 0. The molecule has 0 atom stereocenters. The van der Waals surface area contributed by atoms with Crippen LogP contribution in [-0.2, 0) is 13.1 Å². The number of halogens is 1. The van der Waals surface area contributed by atoms with Crippen LogP contribution in [0.4, 0.5) is 0 Å². The Hall–Kier alpha value is -2.11. The topological polar surface area (TPSA) is 49.0 Å². The molecule has 6 heteroatoms. The van der Waals surface area contributed by atoms with Crippen LogP contribution >= 0.6 is 12.4 Å². The quantitative estimate of drug-likeness (QED) is 0.787. The van der Waals surface area contributed by atoms with Gasteiger partial charge in [0.15, 0.2) is 0 Å². The van der Waals surface area contributed by atoms with Gasteiger partial charge in [0.1, 0.15) is 23.0 Å². The molecule has 0 aromatic heterocycles.